The number of aryl methyl sites for hydroxylation is 2. The molecule has 220 valence electrons. The minimum atomic E-state index is -1.93. The molecule has 0 unspecified atom stereocenters. The van der Waals surface area contributed by atoms with Crippen LogP contribution in [0.4, 0.5) is 0 Å². The van der Waals surface area contributed by atoms with Crippen LogP contribution in [-0.4, -0.2) is 40.2 Å². The highest BCUT2D eigenvalue weighted by Crippen LogP contribution is 2.55. The Labute approximate surface area is 238 Å². The Morgan fingerprint density at radius 3 is 0.821 bits per heavy atom. The second kappa shape index (κ2) is 10.6. The van der Waals surface area contributed by atoms with Gasteiger partial charge in [-0.2, -0.15) is 0 Å². The first-order chi connectivity index (χ1) is 17.4. The highest BCUT2D eigenvalue weighted by Gasteiger charge is 2.57. The van der Waals surface area contributed by atoms with Crippen molar-refractivity contribution in [1.29, 1.82) is 0 Å². The Bertz CT molecular complexity index is 1010. The first-order valence-electron chi connectivity index (χ1n) is 14.3. The van der Waals surface area contributed by atoms with Crippen LogP contribution < -0.4 is 0 Å². The maximum atomic E-state index is 13.7. The fourth-order valence-corrected chi connectivity index (χ4v) is 5.87. The molecule has 0 heterocycles. The first kappa shape index (κ1) is 33.5. The number of benzene rings is 2. The highest BCUT2D eigenvalue weighted by atomic mass is 16.3. The molecule has 2 aromatic rings. The molecule has 0 saturated carbocycles. The summed E-state index contributed by atoms with van der Waals surface area (Å²) in [6.45, 7) is 27.9. The molecule has 0 aromatic heterocycles. The van der Waals surface area contributed by atoms with Gasteiger partial charge in [0.05, 0.1) is 25.2 Å². The van der Waals surface area contributed by atoms with Crippen LogP contribution in [0, 0.1) is 19.3 Å². The summed E-state index contributed by atoms with van der Waals surface area (Å²) in [6.07, 6.45) is 0. The van der Waals surface area contributed by atoms with E-state index in [0.29, 0.717) is 11.1 Å². The van der Waals surface area contributed by atoms with Gasteiger partial charge in [-0.3, -0.25) is 0 Å². The SMILES string of the molecule is Cc1cc(C(C)(C)C)c(C(O)(c2c(C(C)(C)C)cc(C)cc2C(C)(C)C)C(CO)(CO)CO)c(C(C)(C)C)c1. The predicted octanol–water partition coefficient (Wildman–Crippen LogP) is 6.69. The van der Waals surface area contributed by atoms with E-state index in [4.69, 9.17) is 0 Å². The minimum absolute atomic E-state index is 0.379. The van der Waals surface area contributed by atoms with Gasteiger partial charge in [0.1, 0.15) is 5.60 Å². The Morgan fingerprint density at radius 2 is 0.667 bits per heavy atom. The largest absolute Gasteiger partial charge is 0.395 e. The zero-order valence-electron chi connectivity index (χ0n) is 27.2. The van der Waals surface area contributed by atoms with Crippen molar-refractivity contribution in [2.24, 2.45) is 5.41 Å². The molecule has 4 N–H and O–H groups in total. The zero-order chi connectivity index (χ0) is 30.6. The van der Waals surface area contributed by atoms with Crippen LogP contribution in [-0.2, 0) is 27.3 Å². The highest BCUT2D eigenvalue weighted by molar-refractivity contribution is 5.60. The fourth-order valence-electron chi connectivity index (χ4n) is 5.87. The van der Waals surface area contributed by atoms with Crippen LogP contribution in [0.5, 0.6) is 0 Å². The van der Waals surface area contributed by atoms with Crippen LogP contribution in [0.2, 0.25) is 0 Å². The van der Waals surface area contributed by atoms with Crippen molar-refractivity contribution in [2.75, 3.05) is 19.8 Å². The molecule has 0 aliphatic carbocycles. The Balaban J connectivity index is 3.57. The molecular weight excluding hydrogens is 484 g/mol. The van der Waals surface area contributed by atoms with Crippen molar-refractivity contribution < 1.29 is 20.4 Å². The van der Waals surface area contributed by atoms with Gasteiger partial charge in [-0.15, -0.1) is 0 Å². The monoisotopic (exact) mass is 540 g/mol. The van der Waals surface area contributed by atoms with E-state index in [9.17, 15) is 20.4 Å². The van der Waals surface area contributed by atoms with E-state index < -0.39 is 30.8 Å². The van der Waals surface area contributed by atoms with Crippen LogP contribution in [0.15, 0.2) is 24.3 Å². The lowest BCUT2D eigenvalue weighted by Crippen LogP contribution is -2.57. The van der Waals surface area contributed by atoms with Crippen molar-refractivity contribution >= 4 is 0 Å². The van der Waals surface area contributed by atoms with Gasteiger partial charge in [-0.05, 0) is 68.9 Å². The number of rotatable bonds is 6. The molecule has 0 saturated heterocycles. The van der Waals surface area contributed by atoms with Gasteiger partial charge in [-0.1, -0.05) is 118 Å². The normalized spacial score (nSPS) is 14.2. The van der Waals surface area contributed by atoms with Gasteiger partial charge < -0.3 is 20.4 Å². The van der Waals surface area contributed by atoms with E-state index in [1.165, 1.54) is 0 Å². The second-order valence-electron chi connectivity index (χ2n) is 15.9. The third kappa shape index (κ3) is 6.00. The number of aliphatic hydroxyl groups excluding tert-OH is 3. The first-order valence-corrected chi connectivity index (χ1v) is 14.3. The summed E-state index contributed by atoms with van der Waals surface area (Å²) in [5.41, 5.74) is 2.15. The molecule has 0 aliphatic heterocycles. The van der Waals surface area contributed by atoms with E-state index in [2.05, 4.69) is 121 Å². The summed E-state index contributed by atoms with van der Waals surface area (Å²) in [5.74, 6) is 0. The second-order valence-corrected chi connectivity index (χ2v) is 15.9. The van der Waals surface area contributed by atoms with E-state index in [-0.39, 0.29) is 21.7 Å². The molecule has 0 aliphatic rings. The summed E-state index contributed by atoms with van der Waals surface area (Å²) < 4.78 is 0. The van der Waals surface area contributed by atoms with E-state index in [1.807, 2.05) is 0 Å². The van der Waals surface area contributed by atoms with Crippen molar-refractivity contribution in [3.63, 3.8) is 0 Å². The third-order valence-electron chi connectivity index (χ3n) is 8.20. The number of hydrogen-bond donors (Lipinski definition) is 4. The molecule has 0 radical (unpaired) electrons. The molecule has 0 spiro atoms. The molecule has 0 bridgehead atoms. The van der Waals surface area contributed by atoms with Gasteiger partial charge in [0, 0.05) is 0 Å². The summed E-state index contributed by atoms with van der Waals surface area (Å²) in [5, 5.41) is 46.9. The molecule has 0 amide bonds. The maximum absolute atomic E-state index is 13.7. The fraction of sp³-hybridized carbons (Fsp3) is 0.657. The summed E-state index contributed by atoms with van der Waals surface area (Å²) in [6, 6.07) is 8.48. The molecule has 2 rings (SSSR count). The Hall–Kier alpha value is -1.72. The quantitative estimate of drug-likeness (QED) is 0.329. The Kier molecular flexibility index (Phi) is 9.10. The molecule has 4 heteroatoms. The molecule has 2 aromatic carbocycles. The van der Waals surface area contributed by atoms with Crippen molar-refractivity contribution in [2.45, 2.75) is 124 Å². The summed E-state index contributed by atoms with van der Waals surface area (Å²) in [7, 11) is 0. The predicted molar refractivity (Wildman–Crippen MR) is 164 cm³/mol. The van der Waals surface area contributed by atoms with Gasteiger partial charge in [0.2, 0.25) is 0 Å². The van der Waals surface area contributed by atoms with Crippen LogP contribution in [0.25, 0.3) is 0 Å². The summed E-state index contributed by atoms with van der Waals surface area (Å²) >= 11 is 0. The topological polar surface area (TPSA) is 80.9 Å². The summed E-state index contributed by atoms with van der Waals surface area (Å²) in [4.78, 5) is 0. The molecular formula is C35H56O4. The lowest BCUT2D eigenvalue weighted by molar-refractivity contribution is -0.138. The molecule has 39 heavy (non-hydrogen) atoms. The van der Waals surface area contributed by atoms with Gasteiger partial charge >= 0.3 is 0 Å². The van der Waals surface area contributed by atoms with E-state index in [0.717, 1.165) is 33.4 Å². The minimum Gasteiger partial charge on any atom is -0.395 e. The van der Waals surface area contributed by atoms with Crippen LogP contribution in [0.3, 0.4) is 0 Å². The van der Waals surface area contributed by atoms with E-state index in [1.54, 1.807) is 0 Å². The maximum Gasteiger partial charge on any atom is 0.128 e. The smallest absolute Gasteiger partial charge is 0.128 e. The van der Waals surface area contributed by atoms with Crippen molar-refractivity contribution in [3.8, 4) is 0 Å². The lowest BCUT2D eigenvalue weighted by Gasteiger charge is -2.52. The van der Waals surface area contributed by atoms with Crippen molar-refractivity contribution in [1.82, 2.24) is 0 Å². The Morgan fingerprint density at radius 1 is 0.462 bits per heavy atom. The van der Waals surface area contributed by atoms with Gasteiger partial charge in [0.15, 0.2) is 0 Å². The standard InChI is InChI=1S/C35H56O4/c1-22-15-24(30(3,4)5)28(25(16-22)31(6,7)8)35(39,34(19-36,20-37)21-38)29-26(32(9,10)11)17-23(2)18-27(29)33(12,13)14/h15-18,36-39H,19-21H2,1-14H3. The van der Waals surface area contributed by atoms with Gasteiger partial charge in [-0.25, -0.2) is 0 Å². The third-order valence-corrected chi connectivity index (χ3v) is 8.20. The van der Waals surface area contributed by atoms with E-state index >= 15 is 0 Å². The van der Waals surface area contributed by atoms with Crippen LogP contribution in [0.1, 0.15) is 128 Å². The number of hydrogen-bond acceptors (Lipinski definition) is 4. The number of aliphatic hydroxyl groups is 4. The van der Waals surface area contributed by atoms with Gasteiger partial charge in [0.25, 0.3) is 0 Å². The average Bonchev–Trinajstić information content (AvgIpc) is 2.76. The van der Waals surface area contributed by atoms with Crippen LogP contribution >= 0.6 is 0 Å². The lowest BCUT2D eigenvalue weighted by atomic mass is 9.56. The average molecular weight is 541 g/mol. The molecule has 0 atom stereocenters. The molecule has 0 fully saturated rings. The molecule has 4 nitrogen and oxygen atoms in total. The zero-order valence-corrected chi connectivity index (χ0v) is 27.2. The van der Waals surface area contributed by atoms with Crippen molar-refractivity contribution in [3.05, 3.63) is 68.8 Å².